The molecule has 0 fully saturated rings. The first-order chi connectivity index (χ1) is 3.89. The van der Waals surface area contributed by atoms with Crippen LogP contribution in [0.5, 0.6) is 0 Å². The third-order valence-electron chi connectivity index (χ3n) is 2.25. The minimum Gasteiger partial charge on any atom is -0.327 e. The van der Waals surface area contributed by atoms with E-state index in [0.717, 1.165) is 0 Å². The average molecular weight is 147 g/mol. The Kier molecular flexibility index (Phi) is 3.03. The van der Waals surface area contributed by atoms with Crippen LogP contribution in [-0.2, 0) is 0 Å². The first-order valence-electron chi connectivity index (χ1n) is 3.32. The second-order valence-electron chi connectivity index (χ2n) is 3.29. The number of rotatable bonds is 2. The lowest BCUT2D eigenvalue weighted by atomic mass is 9.83. The fraction of sp³-hybridized carbons (Fsp3) is 1.00. The second-order valence-corrected chi connectivity index (χ2v) is 4.06. The molecule has 0 aromatic rings. The molecule has 0 aliphatic rings. The molecule has 2 unspecified atom stereocenters. The van der Waals surface area contributed by atoms with Crippen LogP contribution in [-0.4, -0.2) is 11.3 Å². The Bertz CT molecular complexity index is 76.9. The summed E-state index contributed by atoms with van der Waals surface area (Å²) in [5.74, 6) is 0. The van der Waals surface area contributed by atoms with Crippen molar-refractivity contribution in [3.63, 3.8) is 0 Å². The van der Waals surface area contributed by atoms with E-state index < -0.39 is 0 Å². The fourth-order valence-electron chi connectivity index (χ4n) is 0.380. The third-order valence-corrected chi connectivity index (χ3v) is 2.92. The van der Waals surface area contributed by atoms with Gasteiger partial charge in [0.15, 0.2) is 0 Å². The summed E-state index contributed by atoms with van der Waals surface area (Å²) in [5.41, 5.74) is 5.86. The molecule has 0 heterocycles. The van der Waals surface area contributed by atoms with E-state index in [1.54, 1.807) is 0 Å². The Morgan fingerprint density at radius 3 is 1.67 bits per heavy atom. The molecule has 0 saturated carbocycles. The van der Waals surface area contributed by atoms with Gasteiger partial charge in [0.2, 0.25) is 0 Å². The summed E-state index contributed by atoms with van der Waals surface area (Å²) in [6.07, 6.45) is 0. The summed E-state index contributed by atoms with van der Waals surface area (Å²) < 4.78 is 0. The lowest BCUT2D eigenvalue weighted by Crippen LogP contribution is -2.40. The van der Waals surface area contributed by atoms with Crippen molar-refractivity contribution >= 4 is 12.6 Å². The van der Waals surface area contributed by atoms with Gasteiger partial charge in [-0.3, -0.25) is 0 Å². The van der Waals surface area contributed by atoms with Crippen molar-refractivity contribution in [2.24, 2.45) is 11.1 Å². The molecular formula is C7H17NS. The van der Waals surface area contributed by atoms with Gasteiger partial charge in [-0.15, -0.1) is 0 Å². The zero-order valence-corrected chi connectivity index (χ0v) is 7.57. The topological polar surface area (TPSA) is 26.0 Å². The molecule has 9 heavy (non-hydrogen) atoms. The minimum atomic E-state index is 0.142. The van der Waals surface area contributed by atoms with E-state index in [1.807, 2.05) is 6.92 Å². The van der Waals surface area contributed by atoms with E-state index in [1.165, 1.54) is 0 Å². The highest BCUT2D eigenvalue weighted by Gasteiger charge is 2.26. The molecule has 0 amide bonds. The Balaban J connectivity index is 4.01. The summed E-state index contributed by atoms with van der Waals surface area (Å²) >= 11 is 4.34. The highest BCUT2D eigenvalue weighted by molar-refractivity contribution is 7.81. The van der Waals surface area contributed by atoms with Crippen LogP contribution in [0.4, 0.5) is 0 Å². The lowest BCUT2D eigenvalue weighted by Gasteiger charge is -2.32. The van der Waals surface area contributed by atoms with Crippen molar-refractivity contribution < 1.29 is 0 Å². The Labute approximate surface area is 63.4 Å². The van der Waals surface area contributed by atoms with Gasteiger partial charge in [0.05, 0.1) is 0 Å². The molecular weight excluding hydrogens is 130 g/mol. The third kappa shape index (κ3) is 2.18. The van der Waals surface area contributed by atoms with Crippen molar-refractivity contribution in [2.45, 2.75) is 39.0 Å². The van der Waals surface area contributed by atoms with Crippen molar-refractivity contribution in [3.8, 4) is 0 Å². The Hall–Kier alpha value is 0.310. The molecule has 0 aromatic heterocycles. The molecule has 56 valence electrons. The standard InChI is InChI=1S/C7H17NS/c1-5(8)7(3,4)6(2)9/h5-6,9H,8H2,1-4H3. The minimum absolute atomic E-state index is 0.142. The molecule has 1 nitrogen and oxygen atoms in total. The van der Waals surface area contributed by atoms with Crippen LogP contribution in [0.15, 0.2) is 0 Å². The van der Waals surface area contributed by atoms with Crippen LogP contribution < -0.4 is 5.73 Å². The van der Waals surface area contributed by atoms with Crippen LogP contribution in [0.25, 0.3) is 0 Å². The average Bonchev–Trinajstić information content (AvgIpc) is 1.65. The van der Waals surface area contributed by atoms with Crippen molar-refractivity contribution in [3.05, 3.63) is 0 Å². The van der Waals surface area contributed by atoms with Crippen LogP contribution in [0.3, 0.4) is 0 Å². The quantitative estimate of drug-likeness (QED) is 0.571. The molecule has 2 N–H and O–H groups in total. The van der Waals surface area contributed by atoms with E-state index in [9.17, 15) is 0 Å². The van der Waals surface area contributed by atoms with Gasteiger partial charge < -0.3 is 5.73 Å². The monoisotopic (exact) mass is 147 g/mol. The van der Waals surface area contributed by atoms with Gasteiger partial charge in [0, 0.05) is 11.3 Å². The maximum atomic E-state index is 5.72. The molecule has 0 aliphatic carbocycles. The van der Waals surface area contributed by atoms with Crippen molar-refractivity contribution in [2.75, 3.05) is 0 Å². The van der Waals surface area contributed by atoms with E-state index in [2.05, 4.69) is 33.4 Å². The zero-order valence-electron chi connectivity index (χ0n) is 6.68. The smallest absolute Gasteiger partial charge is 0.00721 e. The maximum absolute atomic E-state index is 5.72. The normalized spacial score (nSPS) is 19.3. The van der Waals surface area contributed by atoms with Crippen LogP contribution in [0.2, 0.25) is 0 Å². The van der Waals surface area contributed by atoms with Gasteiger partial charge in [-0.05, 0) is 12.3 Å². The zero-order chi connectivity index (χ0) is 7.65. The lowest BCUT2D eigenvalue weighted by molar-refractivity contribution is 0.301. The van der Waals surface area contributed by atoms with Crippen LogP contribution in [0, 0.1) is 5.41 Å². The van der Waals surface area contributed by atoms with E-state index in [0.29, 0.717) is 5.25 Å². The summed E-state index contributed by atoms with van der Waals surface area (Å²) in [6.45, 7) is 8.36. The highest BCUT2D eigenvalue weighted by atomic mass is 32.1. The molecule has 0 bridgehead atoms. The summed E-state index contributed by atoms with van der Waals surface area (Å²) in [4.78, 5) is 0. The number of hydrogen-bond donors (Lipinski definition) is 2. The van der Waals surface area contributed by atoms with Crippen LogP contribution in [0.1, 0.15) is 27.7 Å². The summed E-state index contributed by atoms with van der Waals surface area (Å²) in [5, 5.41) is 0.359. The predicted molar refractivity (Wildman–Crippen MR) is 45.9 cm³/mol. The highest BCUT2D eigenvalue weighted by Crippen LogP contribution is 2.27. The maximum Gasteiger partial charge on any atom is 0.00721 e. The Morgan fingerprint density at radius 1 is 1.33 bits per heavy atom. The van der Waals surface area contributed by atoms with E-state index in [-0.39, 0.29) is 11.5 Å². The molecule has 2 atom stereocenters. The molecule has 2 heteroatoms. The van der Waals surface area contributed by atoms with Gasteiger partial charge in [-0.1, -0.05) is 20.8 Å². The molecule has 0 rings (SSSR count). The van der Waals surface area contributed by atoms with Gasteiger partial charge in [-0.25, -0.2) is 0 Å². The van der Waals surface area contributed by atoms with Crippen molar-refractivity contribution in [1.82, 2.24) is 0 Å². The number of hydrogen-bond acceptors (Lipinski definition) is 2. The second kappa shape index (κ2) is 2.93. The molecule has 0 saturated heterocycles. The van der Waals surface area contributed by atoms with Crippen LogP contribution >= 0.6 is 12.6 Å². The number of nitrogens with two attached hydrogens (primary N) is 1. The van der Waals surface area contributed by atoms with Crippen molar-refractivity contribution in [1.29, 1.82) is 0 Å². The van der Waals surface area contributed by atoms with E-state index in [4.69, 9.17) is 5.73 Å². The first kappa shape index (κ1) is 9.31. The molecule has 0 spiro atoms. The largest absolute Gasteiger partial charge is 0.327 e. The summed E-state index contributed by atoms with van der Waals surface area (Å²) in [6, 6.07) is 0.213. The number of thiol groups is 1. The van der Waals surface area contributed by atoms with Gasteiger partial charge in [0.1, 0.15) is 0 Å². The first-order valence-corrected chi connectivity index (χ1v) is 3.84. The Morgan fingerprint density at radius 2 is 1.67 bits per heavy atom. The SMILES string of the molecule is CC(N)C(C)(C)C(C)S. The van der Waals surface area contributed by atoms with E-state index >= 15 is 0 Å². The fourth-order valence-corrected chi connectivity index (χ4v) is 0.616. The molecule has 0 aliphatic heterocycles. The van der Waals surface area contributed by atoms with Gasteiger partial charge in [-0.2, -0.15) is 12.6 Å². The molecule has 0 aromatic carbocycles. The molecule has 0 radical (unpaired) electrons. The van der Waals surface area contributed by atoms with Gasteiger partial charge >= 0.3 is 0 Å². The predicted octanol–water partition coefficient (Wildman–Crippen LogP) is 1.68. The summed E-state index contributed by atoms with van der Waals surface area (Å²) in [7, 11) is 0. The van der Waals surface area contributed by atoms with Gasteiger partial charge in [0.25, 0.3) is 0 Å².